The molecule has 4 nitrogen and oxygen atoms in total. The molecule has 1 saturated heterocycles. The summed E-state index contributed by atoms with van der Waals surface area (Å²) in [6.45, 7) is 7.09. The maximum absolute atomic E-state index is 13.4. The third-order valence-corrected chi connectivity index (χ3v) is 5.76. The maximum Gasteiger partial charge on any atom is 0.228 e. The van der Waals surface area contributed by atoms with Crippen molar-refractivity contribution < 1.29 is 9.59 Å². The smallest absolute Gasteiger partial charge is 0.228 e. The number of rotatable bonds is 6. The van der Waals surface area contributed by atoms with Gasteiger partial charge in [0.05, 0.1) is 5.41 Å². The fourth-order valence-corrected chi connectivity index (χ4v) is 4.33. The van der Waals surface area contributed by atoms with Gasteiger partial charge in [0.25, 0.3) is 0 Å². The van der Waals surface area contributed by atoms with Gasteiger partial charge in [0, 0.05) is 25.6 Å². The van der Waals surface area contributed by atoms with Crippen LogP contribution >= 0.6 is 0 Å². The zero-order valence-corrected chi connectivity index (χ0v) is 17.8. The van der Waals surface area contributed by atoms with Gasteiger partial charge in [-0.15, -0.1) is 0 Å². The van der Waals surface area contributed by atoms with E-state index in [1.165, 1.54) is 0 Å². The van der Waals surface area contributed by atoms with Crippen LogP contribution in [0.4, 0.5) is 0 Å². The first-order valence-electron chi connectivity index (χ1n) is 10.7. The first-order chi connectivity index (χ1) is 13.9. The molecular weight excluding hydrogens is 360 g/mol. The van der Waals surface area contributed by atoms with E-state index in [0.717, 1.165) is 36.1 Å². The van der Waals surface area contributed by atoms with Gasteiger partial charge >= 0.3 is 0 Å². The van der Waals surface area contributed by atoms with Gasteiger partial charge < -0.3 is 10.2 Å². The third-order valence-electron chi connectivity index (χ3n) is 5.76. The number of hydrogen-bond donors (Lipinski definition) is 1. The zero-order chi connectivity index (χ0) is 20.9. The van der Waals surface area contributed by atoms with Crippen LogP contribution in [0.15, 0.2) is 54.6 Å². The molecule has 2 aromatic carbocycles. The minimum Gasteiger partial charge on any atom is -0.353 e. The largest absolute Gasteiger partial charge is 0.353 e. The van der Waals surface area contributed by atoms with Crippen molar-refractivity contribution in [1.29, 1.82) is 0 Å². The average Bonchev–Trinajstić information content (AvgIpc) is 2.74. The molecule has 0 bridgehead atoms. The molecule has 0 spiro atoms. The summed E-state index contributed by atoms with van der Waals surface area (Å²) in [7, 11) is 0. The molecule has 0 radical (unpaired) electrons. The number of likely N-dealkylation sites (tertiary alicyclic amines) is 1. The van der Waals surface area contributed by atoms with E-state index in [1.54, 1.807) is 0 Å². The molecule has 3 rings (SSSR count). The summed E-state index contributed by atoms with van der Waals surface area (Å²) in [5, 5.41) is 3.13. The van der Waals surface area contributed by atoms with Gasteiger partial charge in [-0.05, 0) is 49.8 Å². The molecule has 0 aliphatic carbocycles. The Bertz CT molecular complexity index is 847. The summed E-state index contributed by atoms with van der Waals surface area (Å²) in [5.74, 6) is 0.187. The van der Waals surface area contributed by atoms with Gasteiger partial charge in [-0.25, -0.2) is 0 Å². The number of nitrogens with zero attached hydrogens (tertiary/aromatic N) is 1. The predicted molar refractivity (Wildman–Crippen MR) is 117 cm³/mol. The molecule has 1 heterocycles. The summed E-state index contributed by atoms with van der Waals surface area (Å²) >= 11 is 0. The molecule has 4 heteroatoms. The van der Waals surface area contributed by atoms with Crippen LogP contribution in [0.2, 0.25) is 0 Å². The molecule has 0 saturated carbocycles. The Labute approximate surface area is 174 Å². The van der Waals surface area contributed by atoms with E-state index in [2.05, 4.69) is 29.6 Å². The van der Waals surface area contributed by atoms with Crippen LogP contribution in [0, 0.1) is 5.41 Å². The standard InChI is InChI=1S/C25H32N2O2/c1-4-23(28)27-16-10-15-25(18-27,24(29)26-19(2)3)17-21-13-8-9-14-22(21)20-11-6-5-7-12-20/h5-9,11-14,19H,4,10,15-18H2,1-3H3,(H,26,29)/t25-/m1/s1. The first-order valence-corrected chi connectivity index (χ1v) is 10.7. The lowest BCUT2D eigenvalue weighted by atomic mass is 9.73. The summed E-state index contributed by atoms with van der Waals surface area (Å²) in [6.07, 6.45) is 2.75. The molecule has 1 N–H and O–H groups in total. The fourth-order valence-electron chi connectivity index (χ4n) is 4.33. The van der Waals surface area contributed by atoms with E-state index >= 15 is 0 Å². The Morgan fingerprint density at radius 1 is 1.07 bits per heavy atom. The fraction of sp³-hybridized carbons (Fsp3) is 0.440. The van der Waals surface area contributed by atoms with E-state index in [-0.39, 0.29) is 17.9 Å². The quantitative estimate of drug-likeness (QED) is 0.790. The van der Waals surface area contributed by atoms with Crippen LogP contribution in [0.5, 0.6) is 0 Å². The number of piperidine rings is 1. The van der Waals surface area contributed by atoms with Crippen LogP contribution in [-0.2, 0) is 16.0 Å². The molecule has 2 amide bonds. The van der Waals surface area contributed by atoms with Crippen LogP contribution in [0.1, 0.15) is 45.6 Å². The third kappa shape index (κ3) is 4.87. The highest BCUT2D eigenvalue weighted by atomic mass is 16.2. The SMILES string of the molecule is CCC(=O)N1CCC[C@](Cc2ccccc2-c2ccccc2)(C(=O)NC(C)C)C1. The number of benzene rings is 2. The van der Waals surface area contributed by atoms with Crippen LogP contribution < -0.4 is 5.32 Å². The van der Waals surface area contributed by atoms with Gasteiger partial charge in [-0.1, -0.05) is 61.5 Å². The van der Waals surface area contributed by atoms with E-state index < -0.39 is 5.41 Å². The lowest BCUT2D eigenvalue weighted by Gasteiger charge is -2.42. The normalized spacial score (nSPS) is 19.2. The Morgan fingerprint density at radius 2 is 1.76 bits per heavy atom. The molecule has 0 aromatic heterocycles. The first kappa shape index (κ1) is 21.1. The Balaban J connectivity index is 1.98. The van der Waals surface area contributed by atoms with Gasteiger partial charge in [-0.3, -0.25) is 9.59 Å². The topological polar surface area (TPSA) is 49.4 Å². The second kappa shape index (κ2) is 9.25. The molecule has 1 atom stereocenters. The number of carbonyl (C=O) groups is 2. The monoisotopic (exact) mass is 392 g/mol. The van der Waals surface area contributed by atoms with Gasteiger partial charge in [0.15, 0.2) is 0 Å². The highest BCUT2D eigenvalue weighted by Crippen LogP contribution is 2.37. The summed E-state index contributed by atoms with van der Waals surface area (Å²) in [5.41, 5.74) is 2.87. The summed E-state index contributed by atoms with van der Waals surface area (Å²) in [6, 6.07) is 18.7. The van der Waals surface area contributed by atoms with Crippen molar-refractivity contribution in [2.24, 2.45) is 5.41 Å². The number of hydrogen-bond acceptors (Lipinski definition) is 2. The Hall–Kier alpha value is -2.62. The van der Waals surface area contributed by atoms with Crippen molar-refractivity contribution in [1.82, 2.24) is 10.2 Å². The number of nitrogens with one attached hydrogen (secondary N) is 1. The van der Waals surface area contributed by atoms with Crippen molar-refractivity contribution in [3.63, 3.8) is 0 Å². The van der Waals surface area contributed by atoms with Gasteiger partial charge in [0.1, 0.15) is 0 Å². The van der Waals surface area contributed by atoms with Crippen LogP contribution in [0.25, 0.3) is 11.1 Å². The highest BCUT2D eigenvalue weighted by Gasteiger charge is 2.43. The number of amides is 2. The second-order valence-corrected chi connectivity index (χ2v) is 8.38. The van der Waals surface area contributed by atoms with Crippen LogP contribution in [0.3, 0.4) is 0 Å². The van der Waals surface area contributed by atoms with Crippen molar-refractivity contribution >= 4 is 11.8 Å². The van der Waals surface area contributed by atoms with Crippen molar-refractivity contribution in [2.75, 3.05) is 13.1 Å². The molecule has 1 aliphatic rings. The molecule has 0 unspecified atom stereocenters. The lowest BCUT2D eigenvalue weighted by Crippen LogP contribution is -2.55. The summed E-state index contributed by atoms with van der Waals surface area (Å²) < 4.78 is 0. The molecule has 1 aliphatic heterocycles. The van der Waals surface area contributed by atoms with E-state index in [9.17, 15) is 9.59 Å². The zero-order valence-electron chi connectivity index (χ0n) is 17.8. The Morgan fingerprint density at radius 3 is 2.45 bits per heavy atom. The van der Waals surface area contributed by atoms with Crippen molar-refractivity contribution in [3.05, 3.63) is 60.2 Å². The van der Waals surface area contributed by atoms with Crippen molar-refractivity contribution in [2.45, 2.75) is 52.5 Å². The summed E-state index contributed by atoms with van der Waals surface area (Å²) in [4.78, 5) is 27.7. The van der Waals surface area contributed by atoms with E-state index in [0.29, 0.717) is 19.4 Å². The number of carbonyl (C=O) groups excluding carboxylic acids is 2. The minimum absolute atomic E-state index is 0.0592. The van der Waals surface area contributed by atoms with E-state index in [4.69, 9.17) is 0 Å². The lowest BCUT2D eigenvalue weighted by molar-refractivity contribution is -0.141. The predicted octanol–water partition coefficient (Wildman–Crippen LogP) is 4.44. The average molecular weight is 393 g/mol. The molecule has 29 heavy (non-hydrogen) atoms. The maximum atomic E-state index is 13.4. The molecule has 154 valence electrons. The van der Waals surface area contributed by atoms with Crippen LogP contribution in [-0.4, -0.2) is 35.8 Å². The molecule has 2 aromatic rings. The molecule has 1 fully saturated rings. The second-order valence-electron chi connectivity index (χ2n) is 8.38. The van der Waals surface area contributed by atoms with Gasteiger partial charge in [0.2, 0.25) is 11.8 Å². The van der Waals surface area contributed by atoms with Gasteiger partial charge in [-0.2, -0.15) is 0 Å². The highest BCUT2D eigenvalue weighted by molar-refractivity contribution is 5.85. The molecular formula is C25H32N2O2. The van der Waals surface area contributed by atoms with E-state index in [1.807, 2.05) is 56.0 Å². The minimum atomic E-state index is -0.599. The Kier molecular flexibility index (Phi) is 6.73. The van der Waals surface area contributed by atoms with Crippen molar-refractivity contribution in [3.8, 4) is 11.1 Å².